The Morgan fingerprint density at radius 2 is 2.00 bits per heavy atom. The lowest BCUT2D eigenvalue weighted by molar-refractivity contribution is 0.433. The monoisotopic (exact) mass is 294 g/mol. The van der Waals surface area contributed by atoms with E-state index in [1.807, 2.05) is 11.8 Å². The Balaban J connectivity index is 2.25. The van der Waals surface area contributed by atoms with Crippen molar-refractivity contribution in [1.82, 2.24) is 9.62 Å². The van der Waals surface area contributed by atoms with Gasteiger partial charge in [-0.1, -0.05) is 13.8 Å². The second-order valence-corrected chi connectivity index (χ2v) is 8.31. The highest BCUT2D eigenvalue weighted by atomic mass is 32.2. The van der Waals surface area contributed by atoms with E-state index in [0.29, 0.717) is 24.9 Å². The lowest BCUT2D eigenvalue weighted by atomic mass is 10.3. The second-order valence-electron chi connectivity index (χ2n) is 5.00. The number of thioether (sulfide) groups is 1. The zero-order chi connectivity index (χ0) is 13.4. The number of hydrogen-bond donors (Lipinski definition) is 1. The minimum absolute atomic E-state index is 0.303. The maximum Gasteiger partial charge on any atom is 0.214 e. The van der Waals surface area contributed by atoms with Gasteiger partial charge in [-0.2, -0.15) is 11.8 Å². The Morgan fingerprint density at radius 3 is 2.72 bits per heavy atom. The van der Waals surface area contributed by atoms with Gasteiger partial charge >= 0.3 is 0 Å². The third-order valence-corrected chi connectivity index (χ3v) is 5.96. The van der Waals surface area contributed by atoms with Crippen molar-refractivity contribution < 1.29 is 8.42 Å². The summed E-state index contributed by atoms with van der Waals surface area (Å²) < 4.78 is 25.9. The molecule has 18 heavy (non-hydrogen) atoms. The first-order chi connectivity index (χ1) is 8.52. The van der Waals surface area contributed by atoms with E-state index in [9.17, 15) is 8.42 Å². The third-order valence-electron chi connectivity index (χ3n) is 2.96. The molecule has 0 amide bonds. The zero-order valence-corrected chi connectivity index (χ0v) is 13.2. The Bertz CT molecular complexity index is 310. The molecule has 1 aliphatic heterocycles. The van der Waals surface area contributed by atoms with Crippen LogP contribution in [0.15, 0.2) is 0 Å². The molecule has 1 rings (SSSR count). The van der Waals surface area contributed by atoms with Crippen molar-refractivity contribution in [3.8, 4) is 0 Å². The molecule has 0 unspecified atom stereocenters. The average Bonchev–Trinajstić information content (AvgIpc) is 2.56. The highest BCUT2D eigenvalue weighted by Gasteiger charge is 2.22. The van der Waals surface area contributed by atoms with Crippen LogP contribution in [0.1, 0.15) is 33.1 Å². The maximum atomic E-state index is 12.1. The van der Waals surface area contributed by atoms with E-state index in [1.54, 1.807) is 4.31 Å². The summed E-state index contributed by atoms with van der Waals surface area (Å²) in [5.74, 6) is 2.33. The number of rotatable bonds is 7. The molecule has 0 aromatic rings. The summed E-state index contributed by atoms with van der Waals surface area (Å²) in [5, 5.41) is 3.31. The predicted octanol–water partition coefficient (Wildman–Crippen LogP) is 1.53. The fraction of sp³-hybridized carbons (Fsp3) is 1.00. The Hall–Kier alpha value is 0.220. The van der Waals surface area contributed by atoms with Gasteiger partial charge in [-0.15, -0.1) is 0 Å². The van der Waals surface area contributed by atoms with Crippen LogP contribution in [-0.4, -0.2) is 55.7 Å². The minimum Gasteiger partial charge on any atom is -0.315 e. The van der Waals surface area contributed by atoms with Gasteiger partial charge < -0.3 is 5.32 Å². The van der Waals surface area contributed by atoms with Crippen LogP contribution in [0.3, 0.4) is 0 Å². The molecule has 4 nitrogen and oxygen atoms in total. The zero-order valence-electron chi connectivity index (χ0n) is 11.5. The summed E-state index contributed by atoms with van der Waals surface area (Å²) in [6.07, 6.45) is 2.67. The Morgan fingerprint density at radius 1 is 1.22 bits per heavy atom. The Kier molecular flexibility index (Phi) is 7.60. The molecule has 0 aromatic carbocycles. The van der Waals surface area contributed by atoms with Gasteiger partial charge in [-0.25, -0.2) is 12.7 Å². The van der Waals surface area contributed by atoms with Gasteiger partial charge in [0.25, 0.3) is 0 Å². The molecule has 6 heteroatoms. The maximum absolute atomic E-state index is 12.1. The second kappa shape index (κ2) is 8.40. The summed E-state index contributed by atoms with van der Waals surface area (Å²) in [6, 6.07) is 0.476. The summed E-state index contributed by atoms with van der Waals surface area (Å²) in [4.78, 5) is 0. The summed E-state index contributed by atoms with van der Waals surface area (Å²) in [7, 11) is -3.02. The number of unbranched alkanes of at least 4 members (excludes halogenated alkanes) is 1. The molecular formula is C12H26N2O2S2. The quantitative estimate of drug-likeness (QED) is 0.724. The van der Waals surface area contributed by atoms with Gasteiger partial charge in [0.2, 0.25) is 10.0 Å². The van der Waals surface area contributed by atoms with Gasteiger partial charge in [0.15, 0.2) is 0 Å². The van der Waals surface area contributed by atoms with Gasteiger partial charge in [-0.3, -0.25) is 0 Å². The van der Waals surface area contributed by atoms with E-state index in [-0.39, 0.29) is 0 Å². The fourth-order valence-electron chi connectivity index (χ4n) is 1.93. The molecule has 108 valence electrons. The molecular weight excluding hydrogens is 268 g/mol. The first-order valence-corrected chi connectivity index (χ1v) is 9.58. The molecule has 0 radical (unpaired) electrons. The summed E-state index contributed by atoms with van der Waals surface area (Å²) >= 11 is 1.85. The van der Waals surface area contributed by atoms with Crippen LogP contribution in [0, 0.1) is 0 Å². The van der Waals surface area contributed by atoms with Crippen LogP contribution >= 0.6 is 11.8 Å². The normalized spacial score (nSPS) is 19.1. The molecule has 1 heterocycles. The van der Waals surface area contributed by atoms with Crippen molar-refractivity contribution in [3.05, 3.63) is 0 Å². The number of nitrogens with zero attached hydrogens (tertiary/aromatic N) is 1. The lowest BCUT2D eigenvalue weighted by Gasteiger charge is -2.19. The van der Waals surface area contributed by atoms with Crippen molar-refractivity contribution in [3.63, 3.8) is 0 Å². The minimum atomic E-state index is -3.02. The van der Waals surface area contributed by atoms with E-state index < -0.39 is 10.0 Å². The molecule has 0 aliphatic carbocycles. The summed E-state index contributed by atoms with van der Waals surface area (Å²) in [5.41, 5.74) is 0. The van der Waals surface area contributed by atoms with Crippen LogP contribution in [0.4, 0.5) is 0 Å². The van der Waals surface area contributed by atoms with Crippen molar-refractivity contribution in [2.75, 3.05) is 36.9 Å². The molecule has 1 saturated heterocycles. The highest BCUT2D eigenvalue weighted by Crippen LogP contribution is 2.14. The van der Waals surface area contributed by atoms with Crippen LogP contribution in [0.2, 0.25) is 0 Å². The number of hydrogen-bond acceptors (Lipinski definition) is 4. The molecule has 0 saturated carbocycles. The van der Waals surface area contributed by atoms with E-state index >= 15 is 0 Å². The molecule has 1 aliphatic rings. The number of nitrogens with one attached hydrogen (secondary N) is 1. The number of sulfonamides is 1. The van der Waals surface area contributed by atoms with Gasteiger partial charge in [0.1, 0.15) is 0 Å². The smallest absolute Gasteiger partial charge is 0.214 e. The van der Waals surface area contributed by atoms with Crippen LogP contribution in [-0.2, 0) is 10.0 Å². The standard InChI is InChI=1S/C12H26N2O2S2/c1-12(2)13-6-3-4-11-18(15,16)14-7-5-9-17-10-8-14/h12-13H,3-11H2,1-2H3. The van der Waals surface area contributed by atoms with E-state index in [2.05, 4.69) is 19.2 Å². The summed E-state index contributed by atoms with van der Waals surface area (Å²) in [6.45, 7) is 6.51. The molecule has 1 fully saturated rings. The Labute approximate surface area is 116 Å². The lowest BCUT2D eigenvalue weighted by Crippen LogP contribution is -2.35. The van der Waals surface area contributed by atoms with Crippen LogP contribution in [0.25, 0.3) is 0 Å². The predicted molar refractivity (Wildman–Crippen MR) is 79.7 cm³/mol. The molecule has 0 spiro atoms. The molecule has 0 bridgehead atoms. The van der Waals surface area contributed by atoms with E-state index in [4.69, 9.17) is 0 Å². The van der Waals surface area contributed by atoms with Crippen LogP contribution < -0.4 is 5.32 Å². The van der Waals surface area contributed by atoms with Crippen molar-refractivity contribution in [1.29, 1.82) is 0 Å². The average molecular weight is 294 g/mol. The van der Waals surface area contributed by atoms with Crippen LogP contribution in [0.5, 0.6) is 0 Å². The van der Waals surface area contributed by atoms with Crippen molar-refractivity contribution in [2.45, 2.75) is 39.2 Å². The van der Waals surface area contributed by atoms with Crippen molar-refractivity contribution in [2.24, 2.45) is 0 Å². The first kappa shape index (κ1) is 16.3. The highest BCUT2D eigenvalue weighted by molar-refractivity contribution is 7.99. The SMILES string of the molecule is CC(C)NCCCCS(=O)(=O)N1CCCSCC1. The fourth-order valence-corrected chi connectivity index (χ4v) is 4.54. The molecule has 0 aromatic heterocycles. The third kappa shape index (κ3) is 6.41. The first-order valence-electron chi connectivity index (χ1n) is 6.81. The molecule has 1 N–H and O–H groups in total. The van der Waals surface area contributed by atoms with E-state index in [1.165, 1.54) is 0 Å². The molecule has 0 atom stereocenters. The van der Waals surface area contributed by atoms with E-state index in [0.717, 1.165) is 37.3 Å². The van der Waals surface area contributed by atoms with Gasteiger partial charge in [-0.05, 0) is 31.6 Å². The topological polar surface area (TPSA) is 49.4 Å². The van der Waals surface area contributed by atoms with Gasteiger partial charge in [0, 0.05) is 24.9 Å². The van der Waals surface area contributed by atoms with Crippen molar-refractivity contribution >= 4 is 21.8 Å². The largest absolute Gasteiger partial charge is 0.315 e. The van der Waals surface area contributed by atoms with Gasteiger partial charge in [0.05, 0.1) is 5.75 Å².